The van der Waals surface area contributed by atoms with E-state index in [-0.39, 0.29) is 5.91 Å². The van der Waals surface area contributed by atoms with Crippen molar-refractivity contribution in [1.29, 1.82) is 0 Å². The van der Waals surface area contributed by atoms with Gasteiger partial charge in [-0.2, -0.15) is 0 Å². The molecule has 1 aliphatic carbocycles. The van der Waals surface area contributed by atoms with Crippen LogP contribution in [0.1, 0.15) is 41.7 Å². The van der Waals surface area contributed by atoms with E-state index in [9.17, 15) is 4.79 Å². The summed E-state index contributed by atoms with van der Waals surface area (Å²) in [4.78, 5) is 16.6. The van der Waals surface area contributed by atoms with Crippen molar-refractivity contribution < 1.29 is 14.3 Å². The minimum absolute atomic E-state index is 0.199. The molecule has 1 aromatic heterocycles. The summed E-state index contributed by atoms with van der Waals surface area (Å²) in [5, 5.41) is 6.39. The zero-order valence-corrected chi connectivity index (χ0v) is 15.2. The first-order chi connectivity index (χ1) is 12.7. The zero-order valence-electron chi connectivity index (χ0n) is 15.2. The van der Waals surface area contributed by atoms with Crippen molar-refractivity contribution in [3.63, 3.8) is 0 Å². The van der Waals surface area contributed by atoms with E-state index in [1.165, 1.54) is 25.7 Å². The van der Waals surface area contributed by atoms with Crippen molar-refractivity contribution in [1.82, 2.24) is 10.3 Å². The number of nitrogens with zero attached hydrogens (tertiary/aromatic N) is 1. The Kier molecular flexibility index (Phi) is 5.94. The Balaban J connectivity index is 1.61. The van der Waals surface area contributed by atoms with E-state index >= 15 is 0 Å². The molecule has 0 saturated heterocycles. The molecule has 0 bridgehead atoms. The van der Waals surface area contributed by atoms with Crippen LogP contribution in [0, 0.1) is 0 Å². The van der Waals surface area contributed by atoms with Crippen LogP contribution < -0.4 is 20.1 Å². The number of carbonyl (C=O) groups excluding carboxylic acids is 1. The molecule has 6 nitrogen and oxygen atoms in total. The highest BCUT2D eigenvalue weighted by molar-refractivity contribution is 5.93. The largest absolute Gasteiger partial charge is 0.493 e. The van der Waals surface area contributed by atoms with E-state index in [0.29, 0.717) is 29.8 Å². The molecule has 1 heterocycles. The molecule has 1 aromatic carbocycles. The second-order valence-corrected chi connectivity index (χ2v) is 6.43. The van der Waals surface area contributed by atoms with E-state index in [1.54, 1.807) is 20.4 Å². The standard InChI is InChI=1S/C20H25N3O3/c1-25-18-8-7-14(11-19(18)26-2)13-22-20(24)17-12-16(9-10-21-17)23-15-5-3-4-6-15/h7-12,15H,3-6,13H2,1-2H3,(H,21,23)(H,22,24). The second kappa shape index (κ2) is 8.56. The van der Waals surface area contributed by atoms with Crippen molar-refractivity contribution in [2.24, 2.45) is 0 Å². The van der Waals surface area contributed by atoms with Crippen LogP contribution in [-0.2, 0) is 6.54 Å². The third kappa shape index (κ3) is 4.45. The monoisotopic (exact) mass is 355 g/mol. The molecule has 0 aliphatic heterocycles. The van der Waals surface area contributed by atoms with Crippen LogP contribution >= 0.6 is 0 Å². The summed E-state index contributed by atoms with van der Waals surface area (Å²) in [6.07, 6.45) is 6.57. The zero-order chi connectivity index (χ0) is 18.4. The smallest absolute Gasteiger partial charge is 0.270 e. The fourth-order valence-electron chi connectivity index (χ4n) is 3.21. The first kappa shape index (κ1) is 18.0. The number of rotatable bonds is 7. The van der Waals surface area contributed by atoms with E-state index in [1.807, 2.05) is 30.3 Å². The van der Waals surface area contributed by atoms with Crippen LogP contribution in [0.3, 0.4) is 0 Å². The maximum absolute atomic E-state index is 12.4. The fraction of sp³-hybridized carbons (Fsp3) is 0.400. The van der Waals surface area contributed by atoms with Crippen molar-refractivity contribution >= 4 is 11.6 Å². The first-order valence-electron chi connectivity index (χ1n) is 8.91. The lowest BCUT2D eigenvalue weighted by atomic mass is 10.2. The third-order valence-corrected chi connectivity index (χ3v) is 4.62. The number of carbonyl (C=O) groups is 1. The van der Waals surface area contributed by atoms with Crippen LogP contribution in [0.15, 0.2) is 36.5 Å². The number of anilines is 1. The molecule has 6 heteroatoms. The Morgan fingerprint density at radius 2 is 1.88 bits per heavy atom. The Morgan fingerprint density at radius 3 is 2.62 bits per heavy atom. The van der Waals surface area contributed by atoms with Crippen LogP contribution in [0.25, 0.3) is 0 Å². The van der Waals surface area contributed by atoms with Gasteiger partial charge < -0.3 is 20.1 Å². The van der Waals surface area contributed by atoms with Crippen LogP contribution in [0.5, 0.6) is 11.5 Å². The number of methoxy groups -OCH3 is 2. The van der Waals surface area contributed by atoms with Crippen molar-refractivity contribution in [2.45, 2.75) is 38.3 Å². The average molecular weight is 355 g/mol. The highest BCUT2D eigenvalue weighted by atomic mass is 16.5. The van der Waals surface area contributed by atoms with Crippen LogP contribution in [0.4, 0.5) is 5.69 Å². The van der Waals surface area contributed by atoms with Gasteiger partial charge in [0.1, 0.15) is 5.69 Å². The quantitative estimate of drug-likeness (QED) is 0.796. The molecule has 1 amide bonds. The normalized spacial score (nSPS) is 14.1. The van der Waals surface area contributed by atoms with Crippen molar-refractivity contribution in [3.05, 3.63) is 47.8 Å². The molecule has 0 atom stereocenters. The number of pyridine rings is 1. The fourth-order valence-corrected chi connectivity index (χ4v) is 3.21. The number of hydrogen-bond donors (Lipinski definition) is 2. The Morgan fingerprint density at radius 1 is 1.12 bits per heavy atom. The minimum Gasteiger partial charge on any atom is -0.493 e. The second-order valence-electron chi connectivity index (χ2n) is 6.43. The summed E-state index contributed by atoms with van der Waals surface area (Å²) >= 11 is 0. The number of aromatic nitrogens is 1. The number of nitrogens with one attached hydrogen (secondary N) is 2. The van der Waals surface area contributed by atoms with Crippen molar-refractivity contribution in [3.8, 4) is 11.5 Å². The minimum atomic E-state index is -0.199. The van der Waals surface area contributed by atoms with Gasteiger partial charge in [0.05, 0.1) is 14.2 Å². The van der Waals surface area contributed by atoms with E-state index in [2.05, 4.69) is 15.6 Å². The molecular weight excluding hydrogens is 330 g/mol. The first-order valence-corrected chi connectivity index (χ1v) is 8.91. The van der Waals surface area contributed by atoms with Gasteiger partial charge in [-0.15, -0.1) is 0 Å². The predicted molar refractivity (Wildman–Crippen MR) is 101 cm³/mol. The van der Waals surface area contributed by atoms with E-state index in [0.717, 1.165) is 11.3 Å². The highest BCUT2D eigenvalue weighted by Gasteiger charge is 2.15. The molecule has 26 heavy (non-hydrogen) atoms. The molecule has 1 aliphatic rings. The summed E-state index contributed by atoms with van der Waals surface area (Å²) in [6.45, 7) is 0.390. The molecule has 2 aromatic rings. The highest BCUT2D eigenvalue weighted by Crippen LogP contribution is 2.27. The molecule has 1 saturated carbocycles. The van der Waals surface area contributed by atoms with Crippen LogP contribution in [-0.4, -0.2) is 31.2 Å². The molecular formula is C20H25N3O3. The van der Waals surface area contributed by atoms with Gasteiger partial charge in [-0.25, -0.2) is 0 Å². The number of benzene rings is 1. The predicted octanol–water partition coefficient (Wildman–Crippen LogP) is 3.38. The molecule has 3 rings (SSSR count). The third-order valence-electron chi connectivity index (χ3n) is 4.62. The summed E-state index contributed by atoms with van der Waals surface area (Å²) < 4.78 is 10.5. The number of ether oxygens (including phenoxy) is 2. The Labute approximate surface area is 153 Å². The molecule has 0 spiro atoms. The van der Waals surface area contributed by atoms with E-state index in [4.69, 9.17) is 9.47 Å². The van der Waals surface area contributed by atoms with Gasteiger partial charge in [0.15, 0.2) is 11.5 Å². The molecule has 1 fully saturated rings. The van der Waals surface area contributed by atoms with Crippen LogP contribution in [0.2, 0.25) is 0 Å². The van der Waals surface area contributed by atoms with Gasteiger partial charge in [0, 0.05) is 24.5 Å². The summed E-state index contributed by atoms with van der Waals surface area (Å²) in [7, 11) is 3.19. The topological polar surface area (TPSA) is 72.5 Å². The molecule has 0 unspecified atom stereocenters. The lowest BCUT2D eigenvalue weighted by molar-refractivity contribution is 0.0946. The van der Waals surface area contributed by atoms with Crippen molar-refractivity contribution in [2.75, 3.05) is 19.5 Å². The maximum Gasteiger partial charge on any atom is 0.270 e. The molecule has 2 N–H and O–H groups in total. The van der Waals surface area contributed by atoms with Gasteiger partial charge >= 0.3 is 0 Å². The lowest BCUT2D eigenvalue weighted by Gasteiger charge is -2.14. The summed E-state index contributed by atoms with van der Waals surface area (Å²) in [5.41, 5.74) is 2.29. The molecule has 138 valence electrons. The number of hydrogen-bond acceptors (Lipinski definition) is 5. The van der Waals surface area contributed by atoms with Gasteiger partial charge in [-0.3, -0.25) is 9.78 Å². The lowest BCUT2D eigenvalue weighted by Crippen LogP contribution is -2.24. The Hall–Kier alpha value is -2.76. The van der Waals surface area contributed by atoms with Gasteiger partial charge in [0.25, 0.3) is 5.91 Å². The van der Waals surface area contributed by atoms with Gasteiger partial charge in [-0.1, -0.05) is 18.9 Å². The number of amides is 1. The summed E-state index contributed by atoms with van der Waals surface area (Å²) in [6, 6.07) is 9.79. The van der Waals surface area contributed by atoms with Gasteiger partial charge in [0.2, 0.25) is 0 Å². The Bertz CT molecular complexity index is 758. The maximum atomic E-state index is 12.4. The molecule has 0 radical (unpaired) electrons. The summed E-state index contributed by atoms with van der Waals surface area (Å²) in [5.74, 6) is 1.10. The average Bonchev–Trinajstić information content (AvgIpc) is 3.19. The van der Waals surface area contributed by atoms with Gasteiger partial charge in [-0.05, 0) is 42.7 Å². The van der Waals surface area contributed by atoms with E-state index < -0.39 is 0 Å². The SMILES string of the molecule is COc1ccc(CNC(=O)c2cc(NC3CCCC3)ccn2)cc1OC.